The number of rotatable bonds is 7. The van der Waals surface area contributed by atoms with Gasteiger partial charge in [0.1, 0.15) is 12.1 Å². The van der Waals surface area contributed by atoms with Crippen LogP contribution in [0.5, 0.6) is 0 Å². The van der Waals surface area contributed by atoms with Crippen LogP contribution in [0.15, 0.2) is 0 Å². The van der Waals surface area contributed by atoms with E-state index in [1.54, 1.807) is 4.90 Å². The molecule has 4 fully saturated rings. The van der Waals surface area contributed by atoms with Crippen LogP contribution in [0.1, 0.15) is 46.5 Å². The molecule has 0 unspecified atom stereocenters. The highest BCUT2D eigenvalue weighted by Gasteiger charge is 2.69. The van der Waals surface area contributed by atoms with Crippen LogP contribution in [0.4, 0.5) is 0 Å². The molecule has 0 spiro atoms. The van der Waals surface area contributed by atoms with Crippen molar-refractivity contribution in [3.63, 3.8) is 0 Å². The number of hydrogen-bond acceptors (Lipinski definition) is 5. The number of hydrogen-bond donors (Lipinski definition) is 3. The summed E-state index contributed by atoms with van der Waals surface area (Å²) < 4.78 is 0. The van der Waals surface area contributed by atoms with E-state index in [-0.39, 0.29) is 53.4 Å². The molecule has 4 amide bonds. The van der Waals surface area contributed by atoms with E-state index in [2.05, 4.69) is 36.3 Å². The molecule has 172 valence electrons. The minimum absolute atomic E-state index is 0.00748. The topological polar surface area (TPSA) is 125 Å². The quantitative estimate of drug-likeness (QED) is 0.497. The lowest BCUT2D eigenvalue weighted by molar-refractivity contribution is -0.144. The Morgan fingerprint density at radius 3 is 2.65 bits per heavy atom. The van der Waals surface area contributed by atoms with Crippen LogP contribution in [0.2, 0.25) is 0 Å². The van der Waals surface area contributed by atoms with E-state index in [0.717, 1.165) is 25.9 Å². The number of carbonyl (C=O) groups excluding carboxylic acids is 4. The molecule has 4 aliphatic rings. The second-order valence-electron chi connectivity index (χ2n) is 10.2. The fourth-order valence-corrected chi connectivity index (χ4v) is 6.15. The van der Waals surface area contributed by atoms with Crippen LogP contribution >= 0.6 is 0 Å². The van der Waals surface area contributed by atoms with Crippen molar-refractivity contribution in [2.45, 2.75) is 64.6 Å². The number of likely N-dealkylation sites (tertiary alicyclic amines) is 2. The Morgan fingerprint density at radius 1 is 1.29 bits per heavy atom. The van der Waals surface area contributed by atoms with Crippen molar-refractivity contribution < 1.29 is 19.2 Å². The van der Waals surface area contributed by atoms with Crippen LogP contribution in [0.3, 0.4) is 0 Å². The normalized spacial score (nSPS) is 34.9. The lowest BCUT2D eigenvalue weighted by Gasteiger charge is -2.34. The van der Waals surface area contributed by atoms with E-state index < -0.39 is 18.0 Å². The number of likely N-dealkylation sites (N-methyl/N-ethyl adjacent to an activating group) is 1. The maximum atomic E-state index is 13.4. The zero-order valence-electron chi connectivity index (χ0n) is 18.7. The van der Waals surface area contributed by atoms with Crippen LogP contribution in [-0.4, -0.2) is 77.7 Å². The summed E-state index contributed by atoms with van der Waals surface area (Å²) >= 11 is 0. The third-order valence-corrected chi connectivity index (χ3v) is 8.16. The molecule has 4 rings (SSSR count). The maximum absolute atomic E-state index is 13.4. The summed E-state index contributed by atoms with van der Waals surface area (Å²) in [5.74, 6) is -1.03. The van der Waals surface area contributed by atoms with Crippen molar-refractivity contribution >= 4 is 23.6 Å². The van der Waals surface area contributed by atoms with Crippen LogP contribution in [0.25, 0.3) is 0 Å². The van der Waals surface area contributed by atoms with Crippen molar-refractivity contribution in [1.82, 2.24) is 20.4 Å². The Kier molecular flexibility index (Phi) is 5.74. The molecule has 0 aromatic carbocycles. The molecule has 3 heterocycles. The van der Waals surface area contributed by atoms with Crippen molar-refractivity contribution in [2.75, 3.05) is 26.2 Å². The standard InChI is InChI=1S/C22H35N5O4/c1-4-26-9-5-6-15(26)21(31)27-11-13-16(22(13,2)3)17(27)20(30)25-14(18(23)28)10-12-7-8-24-19(12)29/h12-17H,4-11H2,1-3H3,(H2,23,28)(H,24,29)(H,25,30)/t12-,13+,14+,15+,16+,17+/m1/s1. The SMILES string of the molecule is CCN1CCC[C@H]1C(=O)N1C[C@H]2[C@@H]([C@H]1C(=O)N[C@@H](C[C@H]1CCNC1=O)C(N)=O)C2(C)C. The summed E-state index contributed by atoms with van der Waals surface area (Å²) in [6, 6.07) is -1.68. The third-order valence-electron chi connectivity index (χ3n) is 8.16. The number of carbonyl (C=O) groups is 4. The molecule has 0 radical (unpaired) electrons. The predicted molar refractivity (Wildman–Crippen MR) is 113 cm³/mol. The van der Waals surface area contributed by atoms with Crippen LogP contribution in [0, 0.1) is 23.2 Å². The Labute approximate surface area is 183 Å². The summed E-state index contributed by atoms with van der Waals surface area (Å²) in [5, 5.41) is 5.55. The lowest BCUT2D eigenvalue weighted by atomic mass is 9.96. The molecule has 0 aromatic heterocycles. The van der Waals surface area contributed by atoms with E-state index >= 15 is 0 Å². The van der Waals surface area contributed by atoms with Gasteiger partial charge in [-0.2, -0.15) is 0 Å². The molecule has 31 heavy (non-hydrogen) atoms. The number of fused-ring (bicyclic) bond motifs is 1. The number of primary amides is 1. The summed E-state index contributed by atoms with van der Waals surface area (Å²) in [5.41, 5.74) is 5.56. The van der Waals surface area contributed by atoms with Gasteiger partial charge in [-0.3, -0.25) is 24.1 Å². The summed E-state index contributed by atoms with van der Waals surface area (Å²) in [6.45, 7) is 9.18. The van der Waals surface area contributed by atoms with Gasteiger partial charge < -0.3 is 21.3 Å². The van der Waals surface area contributed by atoms with E-state index in [9.17, 15) is 19.2 Å². The molecule has 4 N–H and O–H groups in total. The lowest BCUT2D eigenvalue weighted by Crippen LogP contribution is -2.57. The third kappa shape index (κ3) is 3.81. The van der Waals surface area contributed by atoms with Gasteiger partial charge in [0.05, 0.1) is 6.04 Å². The zero-order valence-corrected chi connectivity index (χ0v) is 18.7. The first-order valence-electron chi connectivity index (χ1n) is 11.6. The highest BCUT2D eigenvalue weighted by atomic mass is 16.2. The smallest absolute Gasteiger partial charge is 0.243 e. The fraction of sp³-hybridized carbons (Fsp3) is 0.818. The number of nitrogens with two attached hydrogens (primary N) is 1. The zero-order chi connectivity index (χ0) is 22.5. The second kappa shape index (κ2) is 8.07. The molecule has 9 nitrogen and oxygen atoms in total. The minimum atomic E-state index is -0.919. The van der Waals surface area contributed by atoms with E-state index in [0.29, 0.717) is 19.5 Å². The first-order valence-corrected chi connectivity index (χ1v) is 11.6. The van der Waals surface area contributed by atoms with Gasteiger partial charge in [0.25, 0.3) is 0 Å². The summed E-state index contributed by atoms with van der Waals surface area (Å²) in [4.78, 5) is 54.7. The molecule has 1 saturated carbocycles. The molecular formula is C22H35N5O4. The molecule has 3 saturated heterocycles. The van der Waals surface area contributed by atoms with Gasteiger partial charge in [-0.15, -0.1) is 0 Å². The largest absolute Gasteiger partial charge is 0.368 e. The second-order valence-corrected chi connectivity index (χ2v) is 10.2. The van der Waals surface area contributed by atoms with E-state index in [4.69, 9.17) is 5.73 Å². The predicted octanol–water partition coefficient (Wildman–Crippen LogP) is -0.550. The summed E-state index contributed by atoms with van der Waals surface area (Å²) in [7, 11) is 0. The molecule has 0 bridgehead atoms. The van der Waals surface area contributed by atoms with Crippen molar-refractivity contribution in [1.29, 1.82) is 0 Å². The molecule has 3 aliphatic heterocycles. The first kappa shape index (κ1) is 22.0. The Balaban J connectivity index is 1.49. The fourth-order valence-electron chi connectivity index (χ4n) is 6.15. The molecule has 1 aliphatic carbocycles. The summed E-state index contributed by atoms with van der Waals surface area (Å²) in [6.07, 6.45) is 2.62. The van der Waals surface area contributed by atoms with E-state index in [1.807, 2.05) is 0 Å². The van der Waals surface area contributed by atoms with Gasteiger partial charge in [-0.05, 0) is 56.0 Å². The van der Waals surface area contributed by atoms with Crippen LogP contribution < -0.4 is 16.4 Å². The Bertz CT molecular complexity index is 784. The van der Waals surface area contributed by atoms with Gasteiger partial charge in [-0.1, -0.05) is 20.8 Å². The molecular weight excluding hydrogens is 398 g/mol. The monoisotopic (exact) mass is 433 g/mol. The highest BCUT2D eigenvalue weighted by molar-refractivity contribution is 5.94. The Hall–Kier alpha value is -2.16. The number of nitrogens with zero attached hydrogens (tertiary/aromatic N) is 2. The van der Waals surface area contributed by atoms with Gasteiger partial charge in [0.2, 0.25) is 23.6 Å². The van der Waals surface area contributed by atoms with E-state index in [1.165, 1.54) is 0 Å². The maximum Gasteiger partial charge on any atom is 0.243 e. The molecule has 9 heteroatoms. The van der Waals surface area contributed by atoms with Gasteiger partial charge in [-0.25, -0.2) is 0 Å². The number of piperidine rings is 1. The van der Waals surface area contributed by atoms with Crippen molar-refractivity contribution in [3.05, 3.63) is 0 Å². The average Bonchev–Trinajstić information content (AvgIpc) is 3.25. The van der Waals surface area contributed by atoms with Gasteiger partial charge >= 0.3 is 0 Å². The highest BCUT2D eigenvalue weighted by Crippen LogP contribution is 2.65. The van der Waals surface area contributed by atoms with Gasteiger partial charge in [0, 0.05) is 19.0 Å². The number of nitrogens with one attached hydrogen (secondary N) is 2. The minimum Gasteiger partial charge on any atom is -0.368 e. The van der Waals surface area contributed by atoms with Crippen LogP contribution in [-0.2, 0) is 19.2 Å². The first-order chi connectivity index (χ1) is 14.7. The average molecular weight is 434 g/mol. The Morgan fingerprint density at radius 2 is 2.03 bits per heavy atom. The molecule has 6 atom stereocenters. The van der Waals surface area contributed by atoms with Gasteiger partial charge in [0.15, 0.2) is 0 Å². The van der Waals surface area contributed by atoms with Crippen molar-refractivity contribution in [2.24, 2.45) is 28.9 Å². The number of amides is 4. The van der Waals surface area contributed by atoms with Crippen molar-refractivity contribution in [3.8, 4) is 0 Å². The molecule has 0 aromatic rings.